The van der Waals surface area contributed by atoms with Crippen LogP contribution in [0.1, 0.15) is 37.0 Å². The summed E-state index contributed by atoms with van der Waals surface area (Å²) in [5, 5.41) is 20.6. The van der Waals surface area contributed by atoms with Crippen molar-refractivity contribution in [2.75, 3.05) is 6.54 Å². The van der Waals surface area contributed by atoms with Crippen molar-refractivity contribution in [3.8, 4) is 0 Å². The second-order valence-corrected chi connectivity index (χ2v) is 5.99. The van der Waals surface area contributed by atoms with Crippen LogP contribution in [0.3, 0.4) is 0 Å². The van der Waals surface area contributed by atoms with Crippen LogP contribution < -0.4 is 5.32 Å². The molecule has 0 aliphatic carbocycles. The van der Waals surface area contributed by atoms with Gasteiger partial charge in [0.05, 0.1) is 11.7 Å². The number of aliphatic hydroxyl groups is 1. The van der Waals surface area contributed by atoms with Gasteiger partial charge in [0, 0.05) is 12.7 Å². The lowest BCUT2D eigenvalue weighted by molar-refractivity contribution is 0.0586. The number of amides is 1. The Labute approximate surface area is 117 Å². The van der Waals surface area contributed by atoms with Crippen molar-refractivity contribution in [1.29, 1.82) is 0 Å². The van der Waals surface area contributed by atoms with Gasteiger partial charge in [0.25, 0.3) is 5.91 Å². The Balaban J connectivity index is 2.09. The summed E-state index contributed by atoms with van der Waals surface area (Å²) < 4.78 is 1.76. The molecule has 20 heavy (non-hydrogen) atoms. The number of hydrogen-bond acceptors (Lipinski definition) is 4. The van der Waals surface area contributed by atoms with E-state index in [9.17, 15) is 9.90 Å². The Hall–Kier alpha value is -1.95. The maximum absolute atomic E-state index is 12.1. The number of carbonyl (C=O) groups excluding carboxylic acids is 1. The van der Waals surface area contributed by atoms with Gasteiger partial charge in [-0.2, -0.15) is 0 Å². The summed E-state index contributed by atoms with van der Waals surface area (Å²) in [5.74, 6) is 0.507. The van der Waals surface area contributed by atoms with Crippen molar-refractivity contribution in [2.24, 2.45) is 5.41 Å². The molecule has 2 N–H and O–H groups in total. The van der Waals surface area contributed by atoms with Gasteiger partial charge in [-0.1, -0.05) is 20.8 Å². The molecule has 0 saturated heterocycles. The van der Waals surface area contributed by atoms with Gasteiger partial charge in [-0.25, -0.2) is 0 Å². The van der Waals surface area contributed by atoms with E-state index >= 15 is 0 Å². The molecule has 6 heteroatoms. The highest BCUT2D eigenvalue weighted by molar-refractivity contribution is 5.94. The first-order valence-electron chi connectivity index (χ1n) is 6.56. The fraction of sp³-hybridized carbons (Fsp3) is 0.500. The predicted molar refractivity (Wildman–Crippen MR) is 75.5 cm³/mol. The first-order valence-corrected chi connectivity index (χ1v) is 6.56. The third-order valence-electron chi connectivity index (χ3n) is 3.29. The van der Waals surface area contributed by atoms with Crippen LogP contribution in [0.25, 0.3) is 5.65 Å². The predicted octanol–water partition coefficient (Wildman–Crippen LogP) is 1.17. The van der Waals surface area contributed by atoms with Gasteiger partial charge < -0.3 is 10.4 Å². The summed E-state index contributed by atoms with van der Waals surface area (Å²) in [6.45, 7) is 7.83. The number of fused-ring (bicyclic) bond motifs is 1. The molecule has 1 amide bonds. The van der Waals surface area contributed by atoms with Crippen LogP contribution in [0.2, 0.25) is 0 Å². The number of rotatable bonds is 3. The molecular weight excluding hydrogens is 256 g/mol. The molecule has 0 saturated carbocycles. The molecule has 0 aliphatic heterocycles. The Morgan fingerprint density at radius 3 is 2.75 bits per heavy atom. The van der Waals surface area contributed by atoms with Gasteiger partial charge in [-0.05, 0) is 24.5 Å². The smallest absolute Gasteiger partial charge is 0.252 e. The van der Waals surface area contributed by atoms with Crippen LogP contribution in [0.5, 0.6) is 0 Å². The van der Waals surface area contributed by atoms with Gasteiger partial charge in [0.15, 0.2) is 5.65 Å². The number of pyridine rings is 1. The van der Waals surface area contributed by atoms with E-state index < -0.39 is 6.10 Å². The third kappa shape index (κ3) is 2.96. The quantitative estimate of drug-likeness (QED) is 0.882. The van der Waals surface area contributed by atoms with Crippen molar-refractivity contribution in [3.63, 3.8) is 0 Å². The van der Waals surface area contributed by atoms with Crippen LogP contribution in [-0.2, 0) is 0 Å². The summed E-state index contributed by atoms with van der Waals surface area (Å²) >= 11 is 0. The molecule has 2 rings (SSSR count). The van der Waals surface area contributed by atoms with E-state index in [-0.39, 0.29) is 17.9 Å². The molecule has 1 unspecified atom stereocenters. The zero-order valence-electron chi connectivity index (χ0n) is 12.2. The van der Waals surface area contributed by atoms with E-state index in [1.54, 1.807) is 22.7 Å². The third-order valence-corrected chi connectivity index (χ3v) is 3.29. The summed E-state index contributed by atoms with van der Waals surface area (Å²) in [4.78, 5) is 12.1. The Bertz CT molecular complexity index is 628. The van der Waals surface area contributed by atoms with Crippen LogP contribution in [0, 0.1) is 12.3 Å². The first-order chi connectivity index (χ1) is 9.29. The van der Waals surface area contributed by atoms with Crippen molar-refractivity contribution < 1.29 is 9.90 Å². The van der Waals surface area contributed by atoms with Crippen LogP contribution >= 0.6 is 0 Å². The number of nitrogens with zero attached hydrogens (tertiary/aromatic N) is 3. The lowest BCUT2D eigenvalue weighted by atomic mass is 9.89. The highest BCUT2D eigenvalue weighted by Crippen LogP contribution is 2.18. The van der Waals surface area contributed by atoms with Gasteiger partial charge in [0.1, 0.15) is 5.82 Å². The number of hydrogen-bond donors (Lipinski definition) is 2. The van der Waals surface area contributed by atoms with E-state index in [1.165, 1.54) is 0 Å². The average molecular weight is 276 g/mol. The molecule has 0 bridgehead atoms. The molecule has 0 aromatic carbocycles. The Morgan fingerprint density at radius 2 is 2.10 bits per heavy atom. The molecule has 6 nitrogen and oxygen atoms in total. The van der Waals surface area contributed by atoms with Crippen molar-refractivity contribution in [1.82, 2.24) is 19.9 Å². The molecule has 2 heterocycles. The molecule has 0 fully saturated rings. The number of carbonyl (C=O) groups is 1. The first kappa shape index (κ1) is 14.5. The van der Waals surface area contributed by atoms with E-state index in [2.05, 4.69) is 15.5 Å². The van der Waals surface area contributed by atoms with E-state index in [0.29, 0.717) is 11.2 Å². The van der Waals surface area contributed by atoms with Gasteiger partial charge >= 0.3 is 0 Å². The summed E-state index contributed by atoms with van der Waals surface area (Å²) in [5.41, 5.74) is 0.956. The molecule has 1 atom stereocenters. The largest absolute Gasteiger partial charge is 0.391 e. The lowest BCUT2D eigenvalue weighted by Crippen LogP contribution is -2.39. The maximum Gasteiger partial charge on any atom is 0.252 e. The number of aliphatic hydroxyl groups excluding tert-OH is 1. The second-order valence-electron chi connectivity index (χ2n) is 5.99. The minimum absolute atomic E-state index is 0.219. The minimum Gasteiger partial charge on any atom is -0.391 e. The van der Waals surface area contributed by atoms with E-state index in [0.717, 1.165) is 5.82 Å². The second kappa shape index (κ2) is 5.20. The topological polar surface area (TPSA) is 79.5 Å². The zero-order chi connectivity index (χ0) is 14.9. The van der Waals surface area contributed by atoms with Gasteiger partial charge in [0.2, 0.25) is 0 Å². The molecule has 2 aromatic heterocycles. The normalized spacial score (nSPS) is 13.4. The molecule has 0 radical (unpaired) electrons. The fourth-order valence-electron chi connectivity index (χ4n) is 1.74. The van der Waals surface area contributed by atoms with E-state index in [4.69, 9.17) is 0 Å². The van der Waals surface area contributed by atoms with E-state index in [1.807, 2.05) is 27.7 Å². The molecule has 0 spiro atoms. The Kier molecular flexibility index (Phi) is 3.76. The fourth-order valence-corrected chi connectivity index (χ4v) is 1.74. The minimum atomic E-state index is -0.591. The van der Waals surface area contributed by atoms with Gasteiger partial charge in [-0.3, -0.25) is 9.20 Å². The Morgan fingerprint density at radius 1 is 1.40 bits per heavy atom. The van der Waals surface area contributed by atoms with Gasteiger partial charge in [-0.15, -0.1) is 10.2 Å². The summed E-state index contributed by atoms with van der Waals surface area (Å²) in [6.07, 6.45) is 1.11. The van der Waals surface area contributed by atoms with Crippen molar-refractivity contribution in [2.45, 2.75) is 33.8 Å². The SMILES string of the molecule is Cc1nnc2ccc(C(=O)NCC(O)C(C)(C)C)cn12. The van der Waals surface area contributed by atoms with Crippen molar-refractivity contribution in [3.05, 3.63) is 29.7 Å². The number of aryl methyl sites for hydroxylation is 1. The highest BCUT2D eigenvalue weighted by Gasteiger charge is 2.22. The summed E-state index contributed by atoms with van der Waals surface area (Å²) in [6, 6.07) is 3.44. The van der Waals surface area contributed by atoms with Crippen LogP contribution in [0.4, 0.5) is 0 Å². The lowest BCUT2D eigenvalue weighted by Gasteiger charge is -2.25. The summed E-state index contributed by atoms with van der Waals surface area (Å²) in [7, 11) is 0. The molecular formula is C14H20N4O2. The zero-order valence-corrected chi connectivity index (χ0v) is 12.2. The average Bonchev–Trinajstić information content (AvgIpc) is 2.75. The van der Waals surface area contributed by atoms with Crippen LogP contribution in [-0.4, -0.2) is 38.3 Å². The standard InChI is InChI=1S/C14H20N4O2/c1-9-16-17-12-6-5-10(8-18(9)12)13(20)15-7-11(19)14(2,3)4/h5-6,8,11,19H,7H2,1-4H3,(H,15,20). The molecule has 108 valence electrons. The van der Waals surface area contributed by atoms with Crippen molar-refractivity contribution >= 4 is 11.6 Å². The van der Waals surface area contributed by atoms with Crippen LogP contribution in [0.15, 0.2) is 18.3 Å². The number of aromatic nitrogens is 3. The highest BCUT2D eigenvalue weighted by atomic mass is 16.3. The monoisotopic (exact) mass is 276 g/mol. The molecule has 0 aliphatic rings. The maximum atomic E-state index is 12.1. The number of nitrogens with one attached hydrogen (secondary N) is 1. The molecule has 2 aromatic rings.